The summed E-state index contributed by atoms with van der Waals surface area (Å²) < 4.78 is 33.4. The SMILES string of the molecule is CC1CC(NS(=O)(=O)c2ccc(CO)cc2Br)CCO1. The topological polar surface area (TPSA) is 75.6 Å². The van der Waals surface area contributed by atoms with Gasteiger partial charge in [0.1, 0.15) is 0 Å². The predicted molar refractivity (Wildman–Crippen MR) is 78.8 cm³/mol. The van der Waals surface area contributed by atoms with E-state index in [4.69, 9.17) is 9.84 Å². The third-order valence-corrected chi connectivity index (χ3v) is 5.77. The first-order chi connectivity index (χ1) is 9.42. The van der Waals surface area contributed by atoms with E-state index in [0.29, 0.717) is 29.5 Å². The number of aliphatic hydroxyl groups excluding tert-OH is 1. The Bertz CT molecular complexity index is 576. The van der Waals surface area contributed by atoms with Crippen LogP contribution in [0.2, 0.25) is 0 Å². The molecule has 0 aromatic heterocycles. The van der Waals surface area contributed by atoms with Crippen molar-refractivity contribution in [2.24, 2.45) is 0 Å². The average Bonchev–Trinajstić information content (AvgIpc) is 2.37. The van der Waals surface area contributed by atoms with Crippen molar-refractivity contribution in [3.63, 3.8) is 0 Å². The van der Waals surface area contributed by atoms with Crippen LogP contribution in [0.3, 0.4) is 0 Å². The molecule has 20 heavy (non-hydrogen) atoms. The zero-order chi connectivity index (χ0) is 14.8. The first-order valence-corrected chi connectivity index (χ1v) is 8.73. The van der Waals surface area contributed by atoms with E-state index in [9.17, 15) is 8.42 Å². The van der Waals surface area contributed by atoms with E-state index in [0.717, 1.165) is 0 Å². The zero-order valence-electron chi connectivity index (χ0n) is 11.2. The van der Waals surface area contributed by atoms with Crippen molar-refractivity contribution in [1.82, 2.24) is 4.72 Å². The molecule has 5 nitrogen and oxygen atoms in total. The van der Waals surface area contributed by atoms with Crippen molar-refractivity contribution in [2.75, 3.05) is 6.61 Å². The van der Waals surface area contributed by atoms with Gasteiger partial charge in [0.15, 0.2) is 0 Å². The molecule has 112 valence electrons. The third-order valence-electron chi connectivity index (χ3n) is 3.28. The van der Waals surface area contributed by atoms with Crippen LogP contribution in [0.4, 0.5) is 0 Å². The van der Waals surface area contributed by atoms with Gasteiger partial charge >= 0.3 is 0 Å². The minimum atomic E-state index is -3.57. The maximum absolute atomic E-state index is 12.4. The number of hydrogen-bond donors (Lipinski definition) is 2. The van der Waals surface area contributed by atoms with Crippen LogP contribution >= 0.6 is 15.9 Å². The molecule has 0 saturated carbocycles. The normalized spacial score (nSPS) is 23.8. The summed E-state index contributed by atoms with van der Waals surface area (Å²) in [7, 11) is -3.57. The Labute approximate surface area is 127 Å². The summed E-state index contributed by atoms with van der Waals surface area (Å²) in [6.07, 6.45) is 1.42. The summed E-state index contributed by atoms with van der Waals surface area (Å²) in [5.74, 6) is 0. The van der Waals surface area contributed by atoms with Gasteiger partial charge < -0.3 is 9.84 Å². The van der Waals surface area contributed by atoms with Gasteiger partial charge in [0.05, 0.1) is 17.6 Å². The monoisotopic (exact) mass is 363 g/mol. The Hall–Kier alpha value is -0.470. The van der Waals surface area contributed by atoms with Crippen molar-refractivity contribution in [3.8, 4) is 0 Å². The van der Waals surface area contributed by atoms with Crippen LogP contribution < -0.4 is 4.72 Å². The number of ether oxygens (including phenoxy) is 1. The lowest BCUT2D eigenvalue weighted by Crippen LogP contribution is -2.41. The van der Waals surface area contributed by atoms with E-state index in [1.54, 1.807) is 12.1 Å². The molecule has 1 aliphatic heterocycles. The molecule has 1 heterocycles. The number of benzene rings is 1. The molecule has 2 rings (SSSR count). The molecule has 1 aliphatic rings. The first kappa shape index (κ1) is 15.9. The standard InChI is InChI=1S/C13H18BrNO4S/c1-9-6-11(4-5-19-9)15-20(17,18)13-3-2-10(8-16)7-12(13)14/h2-3,7,9,11,15-16H,4-6,8H2,1H3. The molecule has 2 unspecified atom stereocenters. The van der Waals surface area contributed by atoms with Gasteiger partial charge in [-0.05, 0) is 53.4 Å². The van der Waals surface area contributed by atoms with Crippen LogP contribution in [0.25, 0.3) is 0 Å². The van der Waals surface area contributed by atoms with Crippen LogP contribution in [-0.2, 0) is 21.4 Å². The Morgan fingerprint density at radius 2 is 2.25 bits per heavy atom. The second-order valence-electron chi connectivity index (χ2n) is 4.95. The fraction of sp³-hybridized carbons (Fsp3) is 0.538. The molecule has 0 spiro atoms. The van der Waals surface area contributed by atoms with Crippen LogP contribution in [0, 0.1) is 0 Å². The molecule has 0 radical (unpaired) electrons. The molecule has 1 saturated heterocycles. The van der Waals surface area contributed by atoms with E-state index in [1.165, 1.54) is 6.07 Å². The van der Waals surface area contributed by atoms with Gasteiger partial charge in [-0.25, -0.2) is 13.1 Å². The highest BCUT2D eigenvalue weighted by molar-refractivity contribution is 9.10. The van der Waals surface area contributed by atoms with Crippen molar-refractivity contribution in [1.29, 1.82) is 0 Å². The predicted octanol–water partition coefficient (Wildman–Crippen LogP) is 1.79. The van der Waals surface area contributed by atoms with Crippen LogP contribution in [0.5, 0.6) is 0 Å². The number of rotatable bonds is 4. The van der Waals surface area contributed by atoms with E-state index in [-0.39, 0.29) is 23.6 Å². The maximum atomic E-state index is 12.4. The zero-order valence-corrected chi connectivity index (χ0v) is 13.6. The molecule has 7 heteroatoms. The Morgan fingerprint density at radius 3 is 2.85 bits per heavy atom. The summed E-state index contributed by atoms with van der Waals surface area (Å²) in [4.78, 5) is 0.189. The van der Waals surface area contributed by atoms with Crippen LogP contribution in [0.15, 0.2) is 27.6 Å². The molecule has 0 aliphatic carbocycles. The van der Waals surface area contributed by atoms with Crippen molar-refractivity contribution in [2.45, 2.75) is 43.4 Å². The smallest absolute Gasteiger partial charge is 0.241 e. The summed E-state index contributed by atoms with van der Waals surface area (Å²) in [5, 5.41) is 9.05. The fourth-order valence-electron chi connectivity index (χ4n) is 2.25. The summed E-state index contributed by atoms with van der Waals surface area (Å²) in [5.41, 5.74) is 0.663. The second-order valence-corrected chi connectivity index (χ2v) is 7.48. The maximum Gasteiger partial charge on any atom is 0.241 e. The second kappa shape index (κ2) is 6.53. The number of halogens is 1. The minimum absolute atomic E-state index is 0.0663. The lowest BCUT2D eigenvalue weighted by Gasteiger charge is -2.27. The summed E-state index contributed by atoms with van der Waals surface area (Å²) in [6, 6.07) is 4.61. The lowest BCUT2D eigenvalue weighted by atomic mass is 10.1. The summed E-state index contributed by atoms with van der Waals surface area (Å²) in [6.45, 7) is 2.38. The van der Waals surface area contributed by atoms with Gasteiger partial charge in [-0.3, -0.25) is 0 Å². The van der Waals surface area contributed by atoms with E-state index in [2.05, 4.69) is 20.7 Å². The highest BCUT2D eigenvalue weighted by atomic mass is 79.9. The summed E-state index contributed by atoms with van der Waals surface area (Å²) >= 11 is 3.25. The lowest BCUT2D eigenvalue weighted by molar-refractivity contribution is 0.0173. The highest BCUT2D eigenvalue weighted by Gasteiger charge is 2.26. The Balaban J connectivity index is 2.17. The molecule has 1 aromatic rings. The quantitative estimate of drug-likeness (QED) is 0.854. The minimum Gasteiger partial charge on any atom is -0.392 e. The molecular weight excluding hydrogens is 346 g/mol. The van der Waals surface area contributed by atoms with Crippen LogP contribution in [-0.4, -0.2) is 32.3 Å². The van der Waals surface area contributed by atoms with E-state index < -0.39 is 10.0 Å². The number of sulfonamides is 1. The molecule has 0 amide bonds. The van der Waals surface area contributed by atoms with Gasteiger partial charge in [0.25, 0.3) is 0 Å². The Morgan fingerprint density at radius 1 is 1.50 bits per heavy atom. The van der Waals surface area contributed by atoms with Crippen molar-refractivity contribution < 1.29 is 18.3 Å². The van der Waals surface area contributed by atoms with E-state index in [1.807, 2.05) is 6.92 Å². The van der Waals surface area contributed by atoms with Crippen molar-refractivity contribution >= 4 is 26.0 Å². The van der Waals surface area contributed by atoms with Crippen molar-refractivity contribution in [3.05, 3.63) is 28.2 Å². The number of aliphatic hydroxyl groups is 1. The third kappa shape index (κ3) is 3.79. The molecule has 2 N–H and O–H groups in total. The average molecular weight is 364 g/mol. The number of hydrogen-bond acceptors (Lipinski definition) is 4. The van der Waals surface area contributed by atoms with Gasteiger partial charge in [-0.15, -0.1) is 0 Å². The molecular formula is C13H18BrNO4S. The van der Waals surface area contributed by atoms with Gasteiger partial charge in [-0.2, -0.15) is 0 Å². The first-order valence-electron chi connectivity index (χ1n) is 6.45. The van der Waals surface area contributed by atoms with Gasteiger partial charge in [-0.1, -0.05) is 6.07 Å². The molecule has 1 fully saturated rings. The highest BCUT2D eigenvalue weighted by Crippen LogP contribution is 2.24. The van der Waals surface area contributed by atoms with Crippen LogP contribution in [0.1, 0.15) is 25.3 Å². The molecule has 0 bridgehead atoms. The van der Waals surface area contributed by atoms with E-state index >= 15 is 0 Å². The molecule has 2 atom stereocenters. The number of nitrogens with one attached hydrogen (secondary N) is 1. The largest absolute Gasteiger partial charge is 0.392 e. The Kier molecular flexibility index (Phi) is 5.19. The molecule has 1 aromatic carbocycles. The van der Waals surface area contributed by atoms with Gasteiger partial charge in [0, 0.05) is 17.1 Å². The fourth-order valence-corrected chi connectivity index (χ4v) is 4.66. The van der Waals surface area contributed by atoms with Gasteiger partial charge in [0.2, 0.25) is 10.0 Å².